The van der Waals surface area contributed by atoms with Crippen LogP contribution in [-0.4, -0.2) is 37.2 Å². The Kier molecular flexibility index (Phi) is 6.03. The van der Waals surface area contributed by atoms with Crippen molar-refractivity contribution in [1.82, 2.24) is 0 Å². The number of esters is 1. The molecule has 6 atom stereocenters. The molecule has 0 aromatic rings. The second kappa shape index (κ2) is 8.43. The van der Waals surface area contributed by atoms with E-state index in [4.69, 9.17) is 9.47 Å². The highest BCUT2D eigenvalue weighted by Crippen LogP contribution is 2.75. The summed E-state index contributed by atoms with van der Waals surface area (Å²) in [6.07, 6.45) is 13.1. The van der Waals surface area contributed by atoms with Gasteiger partial charge in [-0.25, -0.2) is 0 Å². The van der Waals surface area contributed by atoms with Crippen LogP contribution in [0.1, 0.15) is 86.5 Å². The highest BCUT2D eigenvalue weighted by molar-refractivity contribution is 6.06. The molecule has 0 aliphatic heterocycles. The second-order valence-corrected chi connectivity index (χ2v) is 13.7. The number of allylic oxidation sites excluding steroid dienone is 7. The number of aliphatic hydroxyl groups is 1. The fourth-order valence-electron chi connectivity index (χ4n) is 9.03. The molecule has 3 fully saturated rings. The van der Waals surface area contributed by atoms with Gasteiger partial charge in [0, 0.05) is 18.1 Å². The molecule has 5 aliphatic rings. The summed E-state index contributed by atoms with van der Waals surface area (Å²) in [5.74, 6) is -0.0945. The first kappa shape index (κ1) is 26.5. The summed E-state index contributed by atoms with van der Waals surface area (Å²) < 4.78 is 10.8. The minimum Gasteiger partial charge on any atom is -0.504 e. The lowest BCUT2D eigenvalue weighted by molar-refractivity contribution is -0.183. The summed E-state index contributed by atoms with van der Waals surface area (Å²) in [5, 5.41) is 10.3. The number of rotatable bonds is 4. The lowest BCUT2D eigenvalue weighted by atomic mass is 9.34. The SMILES string of the molecule is COCCOC(=O)[C@]1(C)CC[C@]2(C)CC[C@]3(C)C4=CC=C5C(=CC(=O)C(O)=C5C)[C@]4(C)CC[C@@]3(C)[C@@H]2C1. The number of carbonyl (C=O) groups is 2. The molecular formula is C32H44O5. The molecule has 5 aliphatic carbocycles. The van der Waals surface area contributed by atoms with E-state index >= 15 is 0 Å². The van der Waals surface area contributed by atoms with Crippen LogP contribution in [0.2, 0.25) is 0 Å². The van der Waals surface area contributed by atoms with E-state index in [9.17, 15) is 14.7 Å². The maximum absolute atomic E-state index is 13.3. The first-order valence-electron chi connectivity index (χ1n) is 14.0. The van der Waals surface area contributed by atoms with Gasteiger partial charge in [0.05, 0.1) is 12.0 Å². The predicted molar refractivity (Wildman–Crippen MR) is 144 cm³/mol. The number of carbonyl (C=O) groups excluding carboxylic acids is 2. The minimum atomic E-state index is -0.480. The Morgan fingerprint density at radius 2 is 1.70 bits per heavy atom. The molecule has 3 saturated carbocycles. The molecule has 1 N–H and O–H groups in total. The molecule has 0 heterocycles. The molecule has 0 aromatic heterocycles. The number of ketones is 1. The topological polar surface area (TPSA) is 72.8 Å². The van der Waals surface area contributed by atoms with Gasteiger partial charge < -0.3 is 14.6 Å². The maximum atomic E-state index is 13.3. The normalized spacial score (nSPS) is 42.9. The molecule has 0 spiro atoms. The first-order chi connectivity index (χ1) is 17.3. The highest BCUT2D eigenvalue weighted by Gasteiger charge is 2.67. The smallest absolute Gasteiger partial charge is 0.311 e. The predicted octanol–water partition coefficient (Wildman–Crippen LogP) is 6.80. The average molecular weight is 509 g/mol. The molecule has 202 valence electrons. The highest BCUT2D eigenvalue weighted by atomic mass is 16.6. The van der Waals surface area contributed by atoms with Gasteiger partial charge in [0.1, 0.15) is 6.61 Å². The van der Waals surface area contributed by atoms with Gasteiger partial charge in [-0.05, 0) is 98.2 Å². The summed E-state index contributed by atoms with van der Waals surface area (Å²) in [7, 11) is 1.62. The van der Waals surface area contributed by atoms with Crippen LogP contribution in [0.4, 0.5) is 0 Å². The zero-order valence-electron chi connectivity index (χ0n) is 23.8. The van der Waals surface area contributed by atoms with Gasteiger partial charge in [-0.1, -0.05) is 45.4 Å². The van der Waals surface area contributed by atoms with Crippen molar-refractivity contribution >= 4 is 11.8 Å². The van der Waals surface area contributed by atoms with Gasteiger partial charge in [0.15, 0.2) is 5.76 Å². The van der Waals surface area contributed by atoms with Crippen molar-refractivity contribution in [1.29, 1.82) is 0 Å². The van der Waals surface area contributed by atoms with Crippen molar-refractivity contribution in [2.45, 2.75) is 86.5 Å². The van der Waals surface area contributed by atoms with Gasteiger partial charge >= 0.3 is 5.97 Å². The van der Waals surface area contributed by atoms with Gasteiger partial charge in [0.2, 0.25) is 5.78 Å². The Balaban J connectivity index is 1.54. The number of hydrogen-bond donors (Lipinski definition) is 1. The number of aliphatic hydroxyl groups excluding tert-OH is 1. The van der Waals surface area contributed by atoms with E-state index in [1.165, 1.54) is 5.57 Å². The second-order valence-electron chi connectivity index (χ2n) is 13.7. The summed E-state index contributed by atoms with van der Waals surface area (Å²) in [6, 6.07) is 0. The zero-order valence-corrected chi connectivity index (χ0v) is 23.8. The quantitative estimate of drug-likeness (QED) is 0.334. The van der Waals surface area contributed by atoms with Gasteiger partial charge in [0.25, 0.3) is 0 Å². The monoisotopic (exact) mass is 508 g/mol. The van der Waals surface area contributed by atoms with Crippen molar-refractivity contribution in [2.24, 2.45) is 33.0 Å². The Morgan fingerprint density at radius 3 is 2.41 bits per heavy atom. The molecule has 0 unspecified atom stereocenters. The molecular weight excluding hydrogens is 464 g/mol. The fourth-order valence-corrected chi connectivity index (χ4v) is 9.03. The van der Waals surface area contributed by atoms with Gasteiger partial charge in [-0.15, -0.1) is 0 Å². The molecule has 5 heteroatoms. The van der Waals surface area contributed by atoms with E-state index in [-0.39, 0.29) is 39.2 Å². The Hall–Kier alpha value is -2.14. The van der Waals surface area contributed by atoms with E-state index in [0.29, 0.717) is 24.7 Å². The van der Waals surface area contributed by atoms with Crippen LogP contribution in [0.15, 0.2) is 46.3 Å². The molecule has 37 heavy (non-hydrogen) atoms. The van der Waals surface area contributed by atoms with E-state index in [1.54, 1.807) is 13.2 Å². The molecule has 5 nitrogen and oxygen atoms in total. The first-order valence-corrected chi connectivity index (χ1v) is 14.0. The van der Waals surface area contributed by atoms with E-state index < -0.39 is 5.41 Å². The summed E-state index contributed by atoms with van der Waals surface area (Å²) >= 11 is 0. The Labute approximate surface area is 222 Å². The Morgan fingerprint density at radius 1 is 1.00 bits per heavy atom. The van der Waals surface area contributed by atoms with Crippen LogP contribution in [-0.2, 0) is 19.1 Å². The van der Waals surface area contributed by atoms with Crippen molar-refractivity contribution in [2.75, 3.05) is 20.3 Å². The van der Waals surface area contributed by atoms with Crippen LogP contribution >= 0.6 is 0 Å². The average Bonchev–Trinajstić information content (AvgIpc) is 2.86. The molecule has 0 amide bonds. The summed E-state index contributed by atoms with van der Waals surface area (Å²) in [5.41, 5.74) is 3.63. The fraction of sp³-hybridized carbons (Fsp3) is 0.688. The van der Waals surface area contributed by atoms with Gasteiger partial charge in [-0.3, -0.25) is 9.59 Å². The zero-order chi connectivity index (χ0) is 27.0. The lowest BCUT2D eigenvalue weighted by Crippen LogP contribution is -2.62. The Bertz CT molecular complexity index is 1170. The summed E-state index contributed by atoms with van der Waals surface area (Å²) in [4.78, 5) is 26.0. The number of fused-ring (bicyclic) bond motifs is 7. The standard InChI is InChI=1S/C32H44O5/c1-20-21-8-9-24-30(4,22(21)18-23(33)26(20)34)13-15-32(6)25-19-29(3,27(35)37-17-16-36-7)11-10-28(25,2)12-14-31(24,32)5/h8-9,18,25,34H,10-17,19H2,1-7H3/t25-,28-,29-,30+,31-,32+/m1/s1. The third-order valence-corrected chi connectivity index (χ3v) is 11.9. The van der Waals surface area contributed by atoms with Crippen LogP contribution in [0.5, 0.6) is 0 Å². The molecule has 5 rings (SSSR count). The number of hydrogen-bond acceptors (Lipinski definition) is 5. The third-order valence-electron chi connectivity index (χ3n) is 11.9. The van der Waals surface area contributed by atoms with Crippen LogP contribution < -0.4 is 0 Å². The molecule has 0 saturated heterocycles. The molecule has 0 aromatic carbocycles. The van der Waals surface area contributed by atoms with Crippen molar-refractivity contribution in [3.05, 3.63) is 46.3 Å². The van der Waals surface area contributed by atoms with Crippen molar-refractivity contribution < 1.29 is 24.2 Å². The van der Waals surface area contributed by atoms with E-state index in [2.05, 4.69) is 46.8 Å². The van der Waals surface area contributed by atoms with E-state index in [0.717, 1.165) is 56.1 Å². The largest absolute Gasteiger partial charge is 0.504 e. The number of ether oxygens (including phenoxy) is 2. The van der Waals surface area contributed by atoms with Crippen LogP contribution in [0, 0.1) is 33.0 Å². The van der Waals surface area contributed by atoms with Gasteiger partial charge in [-0.2, -0.15) is 0 Å². The lowest BCUT2D eigenvalue weighted by Gasteiger charge is -2.70. The third kappa shape index (κ3) is 3.52. The van der Waals surface area contributed by atoms with Crippen molar-refractivity contribution in [3.8, 4) is 0 Å². The van der Waals surface area contributed by atoms with Crippen molar-refractivity contribution in [3.63, 3.8) is 0 Å². The molecule has 0 radical (unpaired) electrons. The number of methoxy groups -OCH3 is 1. The molecule has 0 bridgehead atoms. The maximum Gasteiger partial charge on any atom is 0.311 e. The minimum absolute atomic E-state index is 0.0252. The summed E-state index contributed by atoms with van der Waals surface area (Å²) in [6.45, 7) is 14.4. The van der Waals surface area contributed by atoms with Crippen LogP contribution in [0.25, 0.3) is 0 Å². The van der Waals surface area contributed by atoms with E-state index in [1.807, 2.05) is 6.92 Å². The van der Waals surface area contributed by atoms with Crippen LogP contribution in [0.3, 0.4) is 0 Å².